The molecule has 0 fully saturated rings. The molecule has 4 heteroatoms. The number of hydrogen-bond donors (Lipinski definition) is 1. The lowest BCUT2D eigenvalue weighted by molar-refractivity contribution is -0.115. The summed E-state index contributed by atoms with van der Waals surface area (Å²) in [6, 6.07) is 3.77. The summed E-state index contributed by atoms with van der Waals surface area (Å²) in [5.41, 5.74) is 3.05. The molecule has 0 saturated heterocycles. The SMILES string of the molecule is CCC(C(=O)Nc1c(C)cc(Cl)cc1C)[P+](C)(C)C. The molecule has 106 valence electrons. The van der Waals surface area contributed by atoms with E-state index in [-0.39, 0.29) is 11.6 Å². The highest BCUT2D eigenvalue weighted by molar-refractivity contribution is 7.75. The van der Waals surface area contributed by atoms with Crippen LogP contribution >= 0.6 is 18.9 Å². The molecule has 1 amide bonds. The lowest BCUT2D eigenvalue weighted by atomic mass is 10.1. The van der Waals surface area contributed by atoms with Gasteiger partial charge in [-0.2, -0.15) is 0 Å². The fourth-order valence-electron chi connectivity index (χ4n) is 2.40. The van der Waals surface area contributed by atoms with Crippen molar-refractivity contribution in [1.82, 2.24) is 0 Å². The Morgan fingerprint density at radius 2 is 1.74 bits per heavy atom. The maximum Gasteiger partial charge on any atom is 0.264 e. The Balaban J connectivity index is 3.00. The van der Waals surface area contributed by atoms with Crippen molar-refractivity contribution < 1.29 is 4.79 Å². The van der Waals surface area contributed by atoms with Crippen LogP contribution in [0, 0.1) is 13.8 Å². The molecule has 0 heterocycles. The quantitative estimate of drug-likeness (QED) is 0.810. The molecule has 1 N–H and O–H groups in total. The molecule has 1 aromatic carbocycles. The van der Waals surface area contributed by atoms with E-state index in [1.54, 1.807) is 0 Å². The number of hydrogen-bond acceptors (Lipinski definition) is 1. The second-order valence-electron chi connectivity index (χ2n) is 5.94. The Bertz CT molecular complexity index is 457. The summed E-state index contributed by atoms with van der Waals surface area (Å²) in [5, 5.41) is 3.80. The van der Waals surface area contributed by atoms with Gasteiger partial charge >= 0.3 is 0 Å². The second kappa shape index (κ2) is 6.24. The van der Waals surface area contributed by atoms with Gasteiger partial charge in [-0.05, 0) is 43.5 Å². The molecule has 0 aliphatic rings. The largest absolute Gasteiger partial charge is 0.322 e. The minimum absolute atomic E-state index is 0.113. The van der Waals surface area contributed by atoms with Crippen molar-refractivity contribution in [3.8, 4) is 0 Å². The smallest absolute Gasteiger partial charge is 0.264 e. The van der Waals surface area contributed by atoms with Gasteiger partial charge in [0.1, 0.15) is 5.66 Å². The van der Waals surface area contributed by atoms with Crippen LogP contribution in [0.5, 0.6) is 0 Å². The van der Waals surface area contributed by atoms with Crippen LogP contribution in [0.2, 0.25) is 5.02 Å². The van der Waals surface area contributed by atoms with Gasteiger partial charge in [-0.15, -0.1) is 0 Å². The molecular formula is C15H24ClNOP+. The molecule has 0 aliphatic heterocycles. The molecule has 1 aromatic rings. The van der Waals surface area contributed by atoms with Gasteiger partial charge in [0.15, 0.2) is 0 Å². The van der Waals surface area contributed by atoms with E-state index < -0.39 is 7.26 Å². The number of halogens is 1. The Morgan fingerprint density at radius 1 is 1.26 bits per heavy atom. The number of carbonyl (C=O) groups excluding carboxylic acids is 1. The first kappa shape index (κ1) is 16.5. The number of nitrogens with one attached hydrogen (secondary N) is 1. The molecule has 0 saturated carbocycles. The molecule has 0 aliphatic carbocycles. The number of carbonyl (C=O) groups is 1. The zero-order valence-corrected chi connectivity index (χ0v) is 14.3. The van der Waals surface area contributed by atoms with Crippen LogP contribution in [0.4, 0.5) is 5.69 Å². The average molecular weight is 301 g/mol. The molecule has 2 nitrogen and oxygen atoms in total. The first-order valence-corrected chi connectivity index (χ1v) is 10.1. The van der Waals surface area contributed by atoms with E-state index in [2.05, 4.69) is 32.2 Å². The van der Waals surface area contributed by atoms with Gasteiger partial charge in [-0.3, -0.25) is 4.79 Å². The van der Waals surface area contributed by atoms with E-state index in [1.165, 1.54) is 0 Å². The van der Waals surface area contributed by atoms with Crippen molar-refractivity contribution >= 4 is 30.5 Å². The van der Waals surface area contributed by atoms with Gasteiger partial charge in [0.25, 0.3) is 5.91 Å². The lowest BCUT2D eigenvalue weighted by Gasteiger charge is -2.23. The molecule has 1 rings (SSSR count). The van der Waals surface area contributed by atoms with Gasteiger partial charge in [-0.25, -0.2) is 0 Å². The van der Waals surface area contributed by atoms with Crippen LogP contribution in [0.1, 0.15) is 24.5 Å². The zero-order valence-electron chi connectivity index (χ0n) is 12.7. The predicted octanol–water partition coefficient (Wildman–Crippen LogP) is 4.58. The van der Waals surface area contributed by atoms with Gasteiger partial charge in [0.2, 0.25) is 0 Å². The maximum atomic E-state index is 12.5. The number of rotatable bonds is 4. The Morgan fingerprint density at radius 3 is 2.11 bits per heavy atom. The van der Waals surface area contributed by atoms with E-state index in [9.17, 15) is 4.79 Å². The zero-order chi connectivity index (χ0) is 14.8. The average Bonchev–Trinajstić information content (AvgIpc) is 2.22. The van der Waals surface area contributed by atoms with E-state index in [1.807, 2.05) is 26.0 Å². The molecule has 0 bridgehead atoms. The Hall–Kier alpha value is -0.590. The van der Waals surface area contributed by atoms with Crippen LogP contribution in [0.15, 0.2) is 12.1 Å². The van der Waals surface area contributed by atoms with Gasteiger partial charge in [0.05, 0.1) is 0 Å². The van der Waals surface area contributed by atoms with E-state index in [0.29, 0.717) is 5.02 Å². The van der Waals surface area contributed by atoms with E-state index >= 15 is 0 Å². The maximum absolute atomic E-state index is 12.5. The fourth-order valence-corrected chi connectivity index (χ4v) is 4.59. The van der Waals surface area contributed by atoms with Crippen molar-refractivity contribution in [1.29, 1.82) is 0 Å². The van der Waals surface area contributed by atoms with Gasteiger partial charge < -0.3 is 5.32 Å². The van der Waals surface area contributed by atoms with Crippen LogP contribution < -0.4 is 5.32 Å². The second-order valence-corrected chi connectivity index (χ2v) is 11.2. The fraction of sp³-hybridized carbons (Fsp3) is 0.533. The summed E-state index contributed by atoms with van der Waals surface area (Å²) in [5.74, 6) is 0.136. The number of aryl methyl sites for hydroxylation is 2. The van der Waals surface area contributed by atoms with E-state index in [0.717, 1.165) is 23.2 Å². The summed E-state index contributed by atoms with van der Waals surface area (Å²) >= 11 is 6.01. The van der Waals surface area contributed by atoms with Crippen molar-refractivity contribution in [2.75, 3.05) is 25.3 Å². The number of anilines is 1. The molecule has 0 spiro atoms. The number of amides is 1. The molecule has 0 aromatic heterocycles. The topological polar surface area (TPSA) is 29.1 Å². The minimum atomic E-state index is -1.20. The highest BCUT2D eigenvalue weighted by Crippen LogP contribution is 2.53. The molecule has 1 unspecified atom stereocenters. The predicted molar refractivity (Wildman–Crippen MR) is 88.3 cm³/mol. The Labute approximate surface area is 122 Å². The third-order valence-corrected chi connectivity index (χ3v) is 6.06. The normalized spacial score (nSPS) is 13.2. The highest BCUT2D eigenvalue weighted by Gasteiger charge is 2.36. The molecule has 0 radical (unpaired) electrons. The summed E-state index contributed by atoms with van der Waals surface area (Å²) in [6.07, 6.45) is 0.884. The van der Waals surface area contributed by atoms with Crippen molar-refractivity contribution in [3.63, 3.8) is 0 Å². The van der Waals surface area contributed by atoms with Crippen LogP contribution in [0.3, 0.4) is 0 Å². The third-order valence-electron chi connectivity index (χ3n) is 3.37. The van der Waals surface area contributed by atoms with Crippen LogP contribution in [0.25, 0.3) is 0 Å². The lowest BCUT2D eigenvalue weighted by Crippen LogP contribution is -2.29. The number of benzene rings is 1. The third kappa shape index (κ3) is 4.19. The summed E-state index contributed by atoms with van der Waals surface area (Å²) in [4.78, 5) is 12.5. The first-order chi connectivity index (χ1) is 8.66. The summed E-state index contributed by atoms with van der Waals surface area (Å²) < 4.78 is 0. The highest BCUT2D eigenvalue weighted by atomic mass is 35.5. The molecule has 1 atom stereocenters. The molecular weight excluding hydrogens is 277 g/mol. The van der Waals surface area contributed by atoms with Crippen LogP contribution in [-0.2, 0) is 4.79 Å². The van der Waals surface area contributed by atoms with Crippen molar-refractivity contribution in [3.05, 3.63) is 28.3 Å². The van der Waals surface area contributed by atoms with Crippen LogP contribution in [-0.4, -0.2) is 31.6 Å². The standard InChI is InChI=1S/C15H23ClNOP/c1-7-13(19(4,5)6)15(18)17-14-10(2)8-12(16)9-11(14)3/h8-9,13H,7H2,1-6H3/p+1. The monoisotopic (exact) mass is 300 g/mol. The van der Waals surface area contributed by atoms with Gasteiger partial charge in [-0.1, -0.05) is 18.5 Å². The van der Waals surface area contributed by atoms with Crippen molar-refractivity contribution in [2.24, 2.45) is 0 Å². The molecule has 19 heavy (non-hydrogen) atoms. The van der Waals surface area contributed by atoms with Gasteiger partial charge in [0, 0.05) is 38.0 Å². The minimum Gasteiger partial charge on any atom is -0.322 e. The van der Waals surface area contributed by atoms with Crippen molar-refractivity contribution in [2.45, 2.75) is 32.9 Å². The summed E-state index contributed by atoms with van der Waals surface area (Å²) in [7, 11) is -1.20. The Kier molecular flexibility index (Phi) is 5.41. The first-order valence-electron chi connectivity index (χ1n) is 6.55. The summed E-state index contributed by atoms with van der Waals surface area (Å²) in [6.45, 7) is 12.7. The van der Waals surface area contributed by atoms with E-state index in [4.69, 9.17) is 11.6 Å².